The molecule has 21 heavy (non-hydrogen) atoms. The second-order valence-electron chi connectivity index (χ2n) is 6.44. The highest BCUT2D eigenvalue weighted by Crippen LogP contribution is 2.47. The molecule has 0 bridgehead atoms. The molecule has 110 valence electrons. The average molecular weight is 302 g/mol. The fourth-order valence-corrected chi connectivity index (χ4v) is 3.34. The maximum atomic E-state index is 9.12. The first kappa shape index (κ1) is 14.4. The van der Waals surface area contributed by atoms with Gasteiger partial charge in [0.05, 0.1) is 12.6 Å². The molecule has 3 heteroatoms. The molecule has 3 rings (SSSR count). The Labute approximate surface area is 130 Å². The topological polar surface area (TPSA) is 32.3 Å². The van der Waals surface area contributed by atoms with Gasteiger partial charge in [0.25, 0.3) is 0 Å². The third-order valence-electron chi connectivity index (χ3n) is 4.29. The molecule has 0 radical (unpaired) electrons. The van der Waals surface area contributed by atoms with Crippen LogP contribution in [0.3, 0.4) is 0 Å². The maximum Gasteiger partial charge on any atom is 0.0681 e. The van der Waals surface area contributed by atoms with E-state index in [4.69, 9.17) is 16.7 Å². The van der Waals surface area contributed by atoms with Gasteiger partial charge in [-0.1, -0.05) is 43.6 Å². The van der Waals surface area contributed by atoms with Crippen molar-refractivity contribution in [3.05, 3.63) is 64.2 Å². The highest BCUT2D eigenvalue weighted by molar-refractivity contribution is 6.30. The molecule has 2 nitrogen and oxygen atoms in total. The Hall–Kier alpha value is -1.51. The Bertz CT molecular complexity index is 649. The smallest absolute Gasteiger partial charge is 0.0681 e. The van der Waals surface area contributed by atoms with Gasteiger partial charge >= 0.3 is 0 Å². The zero-order valence-electron chi connectivity index (χ0n) is 12.4. The fourth-order valence-electron chi connectivity index (χ4n) is 3.16. The first-order valence-corrected chi connectivity index (χ1v) is 7.62. The molecule has 0 saturated heterocycles. The van der Waals surface area contributed by atoms with Crippen LogP contribution < -0.4 is 5.32 Å². The fraction of sp³-hybridized carbons (Fsp3) is 0.333. The minimum Gasteiger partial charge on any atom is -0.392 e. The molecule has 1 aliphatic carbocycles. The first-order chi connectivity index (χ1) is 9.99. The highest BCUT2D eigenvalue weighted by atomic mass is 35.5. The molecule has 0 amide bonds. The van der Waals surface area contributed by atoms with Crippen molar-refractivity contribution in [1.29, 1.82) is 0 Å². The number of aliphatic hydroxyl groups excluding tert-OH is 1. The summed E-state index contributed by atoms with van der Waals surface area (Å²) in [7, 11) is 0. The van der Waals surface area contributed by atoms with Crippen molar-refractivity contribution in [2.24, 2.45) is 5.41 Å². The maximum absolute atomic E-state index is 9.12. The predicted molar refractivity (Wildman–Crippen MR) is 87.7 cm³/mol. The van der Waals surface area contributed by atoms with Crippen LogP contribution in [-0.2, 0) is 13.0 Å². The monoisotopic (exact) mass is 301 g/mol. The SMILES string of the molecule is CC1(C)Cc2ccc(Cl)cc2C1Nc1ccc(CO)cc1. The minimum absolute atomic E-state index is 0.0770. The molecule has 1 aliphatic rings. The van der Waals surface area contributed by atoms with Crippen LogP contribution in [0.15, 0.2) is 42.5 Å². The molecule has 2 aromatic rings. The van der Waals surface area contributed by atoms with E-state index in [2.05, 4.69) is 31.3 Å². The summed E-state index contributed by atoms with van der Waals surface area (Å²) in [5.74, 6) is 0. The quantitative estimate of drug-likeness (QED) is 0.870. The minimum atomic E-state index is 0.0770. The average Bonchev–Trinajstić information content (AvgIpc) is 2.71. The number of rotatable bonds is 3. The number of halogens is 1. The summed E-state index contributed by atoms with van der Waals surface area (Å²) in [4.78, 5) is 0. The van der Waals surface area contributed by atoms with Crippen LogP contribution in [0.2, 0.25) is 5.02 Å². The predicted octanol–water partition coefficient (Wildman–Crippen LogP) is 4.57. The number of benzene rings is 2. The van der Waals surface area contributed by atoms with Gasteiger partial charge in [-0.15, -0.1) is 0 Å². The van der Waals surface area contributed by atoms with Gasteiger partial charge < -0.3 is 10.4 Å². The Balaban J connectivity index is 1.91. The van der Waals surface area contributed by atoms with E-state index in [1.165, 1.54) is 11.1 Å². The lowest BCUT2D eigenvalue weighted by atomic mass is 9.85. The van der Waals surface area contributed by atoms with Gasteiger partial charge in [0.2, 0.25) is 0 Å². The third-order valence-corrected chi connectivity index (χ3v) is 4.53. The van der Waals surface area contributed by atoms with E-state index in [1.807, 2.05) is 30.3 Å². The van der Waals surface area contributed by atoms with E-state index in [0.29, 0.717) is 0 Å². The molecular formula is C18H20ClNO. The standard InChI is InChI=1S/C18H20ClNO/c1-18(2)10-13-5-6-14(19)9-16(13)17(18)20-15-7-3-12(11-21)4-8-15/h3-9,17,20-21H,10-11H2,1-2H3. The molecule has 0 saturated carbocycles. The molecule has 0 fully saturated rings. The Morgan fingerprint density at radius 1 is 1.19 bits per heavy atom. The van der Waals surface area contributed by atoms with Crippen LogP contribution in [0.25, 0.3) is 0 Å². The molecular weight excluding hydrogens is 282 g/mol. The molecule has 2 N–H and O–H groups in total. The lowest BCUT2D eigenvalue weighted by Gasteiger charge is -2.29. The number of anilines is 1. The zero-order valence-corrected chi connectivity index (χ0v) is 13.1. The van der Waals surface area contributed by atoms with Crippen LogP contribution >= 0.6 is 11.6 Å². The Morgan fingerprint density at radius 3 is 2.57 bits per heavy atom. The van der Waals surface area contributed by atoms with Crippen LogP contribution in [0, 0.1) is 5.41 Å². The second-order valence-corrected chi connectivity index (χ2v) is 6.88. The number of fused-ring (bicyclic) bond motifs is 1. The van der Waals surface area contributed by atoms with Crippen molar-refractivity contribution in [2.75, 3.05) is 5.32 Å². The first-order valence-electron chi connectivity index (χ1n) is 7.24. The van der Waals surface area contributed by atoms with Crippen molar-refractivity contribution in [1.82, 2.24) is 0 Å². The van der Waals surface area contributed by atoms with Crippen LogP contribution in [0.4, 0.5) is 5.69 Å². The largest absolute Gasteiger partial charge is 0.392 e. The number of hydrogen-bond acceptors (Lipinski definition) is 2. The lowest BCUT2D eigenvalue weighted by molar-refractivity contribution is 0.282. The van der Waals surface area contributed by atoms with E-state index in [0.717, 1.165) is 22.7 Å². The molecule has 0 aliphatic heterocycles. The van der Waals surface area contributed by atoms with E-state index in [-0.39, 0.29) is 18.1 Å². The van der Waals surface area contributed by atoms with Gasteiger partial charge in [-0.3, -0.25) is 0 Å². The molecule has 0 heterocycles. The molecule has 1 unspecified atom stereocenters. The van der Waals surface area contributed by atoms with E-state index < -0.39 is 0 Å². The molecule has 1 atom stereocenters. The number of hydrogen-bond donors (Lipinski definition) is 2. The lowest BCUT2D eigenvalue weighted by Crippen LogP contribution is -2.24. The van der Waals surface area contributed by atoms with Crippen LogP contribution in [-0.4, -0.2) is 5.11 Å². The second kappa shape index (κ2) is 5.36. The van der Waals surface area contributed by atoms with Crippen LogP contribution in [0.1, 0.15) is 36.6 Å². The third kappa shape index (κ3) is 2.78. The van der Waals surface area contributed by atoms with Crippen molar-refractivity contribution in [3.63, 3.8) is 0 Å². The summed E-state index contributed by atoms with van der Waals surface area (Å²) in [6, 6.07) is 14.3. The normalized spacial score (nSPS) is 19.3. The molecule has 2 aromatic carbocycles. The highest BCUT2D eigenvalue weighted by Gasteiger charge is 2.38. The summed E-state index contributed by atoms with van der Waals surface area (Å²) < 4.78 is 0. The van der Waals surface area contributed by atoms with Crippen LogP contribution in [0.5, 0.6) is 0 Å². The van der Waals surface area contributed by atoms with E-state index >= 15 is 0 Å². The van der Waals surface area contributed by atoms with E-state index in [1.54, 1.807) is 0 Å². The van der Waals surface area contributed by atoms with Gasteiger partial charge in [0.15, 0.2) is 0 Å². The van der Waals surface area contributed by atoms with Gasteiger partial charge in [-0.05, 0) is 52.8 Å². The summed E-state index contributed by atoms with van der Waals surface area (Å²) in [6.07, 6.45) is 1.05. The molecule has 0 spiro atoms. The Kier molecular flexibility index (Phi) is 3.68. The van der Waals surface area contributed by atoms with Gasteiger partial charge in [-0.25, -0.2) is 0 Å². The summed E-state index contributed by atoms with van der Waals surface area (Å²) in [5, 5.41) is 13.5. The number of nitrogens with one attached hydrogen (secondary N) is 1. The van der Waals surface area contributed by atoms with E-state index in [9.17, 15) is 0 Å². The summed E-state index contributed by atoms with van der Waals surface area (Å²) in [6.45, 7) is 4.63. The van der Waals surface area contributed by atoms with Crippen molar-refractivity contribution >= 4 is 17.3 Å². The zero-order chi connectivity index (χ0) is 15.0. The van der Waals surface area contributed by atoms with Crippen molar-refractivity contribution in [2.45, 2.75) is 32.9 Å². The number of aliphatic hydroxyl groups is 1. The van der Waals surface area contributed by atoms with Gasteiger partial charge in [0.1, 0.15) is 0 Å². The van der Waals surface area contributed by atoms with Gasteiger partial charge in [0, 0.05) is 10.7 Å². The summed E-state index contributed by atoms with van der Waals surface area (Å²) >= 11 is 6.17. The van der Waals surface area contributed by atoms with Crippen molar-refractivity contribution < 1.29 is 5.11 Å². The van der Waals surface area contributed by atoms with Crippen molar-refractivity contribution in [3.8, 4) is 0 Å². The summed E-state index contributed by atoms with van der Waals surface area (Å²) in [5.41, 5.74) is 4.79. The Morgan fingerprint density at radius 2 is 1.90 bits per heavy atom. The molecule has 0 aromatic heterocycles. The van der Waals surface area contributed by atoms with Gasteiger partial charge in [-0.2, -0.15) is 0 Å².